The van der Waals surface area contributed by atoms with Crippen LogP contribution in [0.1, 0.15) is 25.2 Å². The fourth-order valence-corrected chi connectivity index (χ4v) is 3.18. The average molecular weight is 297 g/mol. The van der Waals surface area contributed by atoms with Crippen molar-refractivity contribution in [1.82, 2.24) is 24.6 Å². The largest absolute Gasteiger partial charge is 0.439 e. The maximum Gasteiger partial charge on any atom is 0.209 e. The van der Waals surface area contributed by atoms with Crippen LogP contribution in [-0.2, 0) is 13.1 Å². The molecular weight excluding hydrogens is 278 g/mol. The summed E-state index contributed by atoms with van der Waals surface area (Å²) in [7, 11) is 0. The van der Waals surface area contributed by atoms with Crippen molar-refractivity contribution >= 4 is 11.1 Å². The van der Waals surface area contributed by atoms with Crippen molar-refractivity contribution in [3.63, 3.8) is 0 Å². The molecule has 2 aromatic heterocycles. The first-order valence-electron chi connectivity index (χ1n) is 7.79. The molecule has 0 aliphatic carbocycles. The maximum atomic E-state index is 5.87. The molecule has 0 amide bonds. The standard InChI is InChI=1S/C16H19N5O/c1-2-7-15-14(6-1)19-16(22-15)10-20-8-4-3-5-13(20)9-21-12-17-11-18-21/h1-2,6-7,11-13H,3-5,8-10H2. The number of piperidine rings is 1. The minimum absolute atomic E-state index is 0.463. The van der Waals surface area contributed by atoms with Gasteiger partial charge < -0.3 is 4.42 Å². The molecule has 114 valence electrons. The summed E-state index contributed by atoms with van der Waals surface area (Å²) < 4.78 is 7.78. The van der Waals surface area contributed by atoms with Crippen LogP contribution in [0.2, 0.25) is 0 Å². The molecule has 0 saturated carbocycles. The zero-order chi connectivity index (χ0) is 14.8. The van der Waals surface area contributed by atoms with Crippen LogP contribution in [0.4, 0.5) is 0 Å². The molecule has 4 rings (SSSR count). The SMILES string of the molecule is c1ccc2oc(CN3CCCCC3Cn3cncn3)nc2c1. The van der Waals surface area contributed by atoms with E-state index in [9.17, 15) is 0 Å². The predicted molar refractivity (Wildman–Crippen MR) is 82.1 cm³/mol. The van der Waals surface area contributed by atoms with Gasteiger partial charge in [0, 0.05) is 6.04 Å². The quantitative estimate of drug-likeness (QED) is 0.740. The van der Waals surface area contributed by atoms with Gasteiger partial charge in [-0.15, -0.1) is 0 Å². The van der Waals surface area contributed by atoms with Crippen molar-refractivity contribution in [2.45, 2.75) is 38.4 Å². The van der Waals surface area contributed by atoms with Crippen LogP contribution in [-0.4, -0.2) is 37.2 Å². The molecule has 1 aromatic carbocycles. The van der Waals surface area contributed by atoms with Crippen LogP contribution >= 0.6 is 0 Å². The van der Waals surface area contributed by atoms with Crippen LogP contribution in [0, 0.1) is 0 Å². The van der Waals surface area contributed by atoms with Crippen LogP contribution in [0.3, 0.4) is 0 Å². The van der Waals surface area contributed by atoms with Gasteiger partial charge in [0.2, 0.25) is 5.89 Å². The monoisotopic (exact) mass is 297 g/mol. The number of para-hydroxylation sites is 2. The molecule has 1 aliphatic rings. The van der Waals surface area contributed by atoms with Gasteiger partial charge in [-0.1, -0.05) is 18.6 Å². The first kappa shape index (κ1) is 13.5. The zero-order valence-corrected chi connectivity index (χ0v) is 12.4. The number of fused-ring (bicyclic) bond motifs is 1. The van der Waals surface area contributed by atoms with E-state index in [1.807, 2.05) is 28.9 Å². The second kappa shape index (κ2) is 5.88. The van der Waals surface area contributed by atoms with Gasteiger partial charge in [0.25, 0.3) is 0 Å². The van der Waals surface area contributed by atoms with Crippen LogP contribution in [0.15, 0.2) is 41.3 Å². The Kier molecular flexibility index (Phi) is 3.60. The summed E-state index contributed by atoms with van der Waals surface area (Å²) in [4.78, 5) is 11.1. The zero-order valence-electron chi connectivity index (χ0n) is 12.4. The number of hydrogen-bond acceptors (Lipinski definition) is 5. The topological polar surface area (TPSA) is 60.0 Å². The molecule has 3 heterocycles. The van der Waals surface area contributed by atoms with Crippen LogP contribution in [0.5, 0.6) is 0 Å². The summed E-state index contributed by atoms with van der Waals surface area (Å²) >= 11 is 0. The van der Waals surface area contributed by atoms with Gasteiger partial charge in [-0.3, -0.25) is 9.58 Å². The number of likely N-dealkylation sites (tertiary alicyclic amines) is 1. The highest BCUT2D eigenvalue weighted by Crippen LogP contribution is 2.22. The van der Waals surface area contributed by atoms with Gasteiger partial charge in [0.05, 0.1) is 13.1 Å². The van der Waals surface area contributed by atoms with Gasteiger partial charge in [-0.05, 0) is 31.5 Å². The van der Waals surface area contributed by atoms with E-state index in [-0.39, 0.29) is 0 Å². The lowest BCUT2D eigenvalue weighted by Gasteiger charge is -2.34. The Hall–Kier alpha value is -2.21. The summed E-state index contributed by atoms with van der Waals surface area (Å²) in [6, 6.07) is 8.39. The summed E-state index contributed by atoms with van der Waals surface area (Å²) in [5.74, 6) is 0.798. The number of aromatic nitrogens is 4. The normalized spacial score (nSPS) is 19.7. The molecule has 0 spiro atoms. The van der Waals surface area contributed by atoms with Gasteiger partial charge >= 0.3 is 0 Å². The van der Waals surface area contributed by atoms with Crippen molar-refractivity contribution in [2.75, 3.05) is 6.54 Å². The fourth-order valence-electron chi connectivity index (χ4n) is 3.18. The maximum absolute atomic E-state index is 5.87. The number of nitrogens with zero attached hydrogens (tertiary/aromatic N) is 5. The predicted octanol–water partition coefficient (Wildman–Crippen LogP) is 2.47. The van der Waals surface area contributed by atoms with Crippen molar-refractivity contribution in [1.29, 1.82) is 0 Å². The van der Waals surface area contributed by atoms with E-state index in [4.69, 9.17) is 4.42 Å². The van der Waals surface area contributed by atoms with Gasteiger partial charge in [-0.2, -0.15) is 5.10 Å². The molecule has 6 nitrogen and oxygen atoms in total. The van der Waals surface area contributed by atoms with Crippen molar-refractivity contribution in [3.05, 3.63) is 42.8 Å². The van der Waals surface area contributed by atoms with Crippen molar-refractivity contribution < 1.29 is 4.42 Å². The van der Waals surface area contributed by atoms with Gasteiger partial charge in [0.15, 0.2) is 5.58 Å². The van der Waals surface area contributed by atoms with E-state index in [0.29, 0.717) is 6.04 Å². The number of hydrogen-bond donors (Lipinski definition) is 0. The van der Waals surface area contributed by atoms with Crippen molar-refractivity contribution in [2.24, 2.45) is 0 Å². The summed E-state index contributed by atoms with van der Waals surface area (Å²) in [6.45, 7) is 2.71. The van der Waals surface area contributed by atoms with Crippen molar-refractivity contribution in [3.8, 4) is 0 Å². The third-order valence-corrected chi connectivity index (χ3v) is 4.29. The third-order valence-electron chi connectivity index (χ3n) is 4.29. The number of rotatable bonds is 4. The van der Waals surface area contributed by atoms with E-state index in [2.05, 4.69) is 20.0 Å². The van der Waals surface area contributed by atoms with E-state index >= 15 is 0 Å². The van der Waals surface area contributed by atoms with E-state index < -0.39 is 0 Å². The first-order valence-corrected chi connectivity index (χ1v) is 7.79. The molecular formula is C16H19N5O. The first-order chi connectivity index (χ1) is 10.9. The second-order valence-electron chi connectivity index (χ2n) is 5.81. The summed E-state index contributed by atoms with van der Waals surface area (Å²) in [5, 5.41) is 4.23. The van der Waals surface area contributed by atoms with E-state index in [1.165, 1.54) is 19.3 Å². The van der Waals surface area contributed by atoms with Gasteiger partial charge in [-0.25, -0.2) is 9.97 Å². The number of benzene rings is 1. The lowest BCUT2D eigenvalue weighted by molar-refractivity contribution is 0.112. The molecule has 22 heavy (non-hydrogen) atoms. The highest BCUT2D eigenvalue weighted by Gasteiger charge is 2.24. The van der Waals surface area contributed by atoms with E-state index in [0.717, 1.165) is 36.6 Å². The Balaban J connectivity index is 1.51. The number of oxazole rings is 1. The second-order valence-corrected chi connectivity index (χ2v) is 5.81. The molecule has 6 heteroatoms. The minimum Gasteiger partial charge on any atom is -0.439 e. The van der Waals surface area contributed by atoms with E-state index in [1.54, 1.807) is 12.7 Å². The smallest absolute Gasteiger partial charge is 0.209 e. The Morgan fingerprint density at radius 2 is 2.18 bits per heavy atom. The Labute approximate surface area is 128 Å². The molecule has 1 atom stereocenters. The third kappa shape index (κ3) is 2.74. The molecule has 1 unspecified atom stereocenters. The summed E-state index contributed by atoms with van der Waals surface area (Å²) in [5.41, 5.74) is 1.80. The molecule has 1 fully saturated rings. The van der Waals surface area contributed by atoms with Gasteiger partial charge in [0.1, 0.15) is 18.2 Å². The lowest BCUT2D eigenvalue weighted by atomic mass is 10.0. The minimum atomic E-state index is 0.463. The Morgan fingerprint density at radius 1 is 1.23 bits per heavy atom. The molecule has 3 aromatic rings. The Morgan fingerprint density at radius 3 is 3.05 bits per heavy atom. The molecule has 1 saturated heterocycles. The fraction of sp³-hybridized carbons (Fsp3) is 0.438. The summed E-state index contributed by atoms with van der Waals surface area (Å²) in [6.07, 6.45) is 7.05. The van der Waals surface area contributed by atoms with Crippen LogP contribution in [0.25, 0.3) is 11.1 Å². The highest BCUT2D eigenvalue weighted by atomic mass is 16.3. The molecule has 0 radical (unpaired) electrons. The average Bonchev–Trinajstić information content (AvgIpc) is 3.18. The Bertz CT molecular complexity index is 703. The molecule has 0 bridgehead atoms. The molecule has 0 N–H and O–H groups in total. The highest BCUT2D eigenvalue weighted by molar-refractivity contribution is 5.72. The lowest BCUT2D eigenvalue weighted by Crippen LogP contribution is -2.41. The van der Waals surface area contributed by atoms with Crippen LogP contribution < -0.4 is 0 Å². The molecule has 1 aliphatic heterocycles.